The van der Waals surface area contributed by atoms with Gasteiger partial charge in [-0.15, -0.1) is 10.2 Å². The molecule has 2 aliphatic carbocycles. The summed E-state index contributed by atoms with van der Waals surface area (Å²) >= 11 is 6.27. The highest BCUT2D eigenvalue weighted by Gasteiger charge is 2.17. The Balaban J connectivity index is 1.34. The minimum atomic E-state index is 0.128. The quantitative estimate of drug-likeness (QED) is 0.351. The fourth-order valence-electron chi connectivity index (χ4n) is 5.44. The Labute approximate surface area is 213 Å². The van der Waals surface area contributed by atoms with Crippen LogP contribution in [0.15, 0.2) is 70.9 Å². The molecule has 0 saturated heterocycles. The Kier molecular flexibility index (Phi) is 7.68. The van der Waals surface area contributed by atoms with Crippen LogP contribution in [0.4, 0.5) is 11.4 Å². The first-order valence-electron chi connectivity index (χ1n) is 13.0. The first kappa shape index (κ1) is 23.9. The van der Waals surface area contributed by atoms with Crippen LogP contribution in [0.5, 0.6) is 17.2 Å². The van der Waals surface area contributed by atoms with Gasteiger partial charge < -0.3 is 9.84 Å². The SMILES string of the molecule is Oc1ccc(C2CCCCC2)cc1N=Nc1ccc(Cl)cc1Oc1ccc(C2CCCCC2)cc1. The Hall–Kier alpha value is -2.85. The fourth-order valence-corrected chi connectivity index (χ4v) is 5.60. The van der Waals surface area contributed by atoms with Gasteiger partial charge in [-0.3, -0.25) is 0 Å². The van der Waals surface area contributed by atoms with E-state index in [1.54, 1.807) is 24.3 Å². The van der Waals surface area contributed by atoms with Crippen LogP contribution in [0, 0.1) is 0 Å². The van der Waals surface area contributed by atoms with Crippen molar-refractivity contribution in [2.75, 3.05) is 0 Å². The van der Waals surface area contributed by atoms with Crippen LogP contribution in [-0.2, 0) is 0 Å². The number of hydrogen-bond donors (Lipinski definition) is 1. The summed E-state index contributed by atoms with van der Waals surface area (Å²) in [5.41, 5.74) is 3.65. The highest BCUT2D eigenvalue weighted by Crippen LogP contribution is 2.40. The zero-order valence-corrected chi connectivity index (χ0v) is 20.9. The van der Waals surface area contributed by atoms with Crippen molar-refractivity contribution in [2.24, 2.45) is 10.2 Å². The van der Waals surface area contributed by atoms with Crippen molar-refractivity contribution in [3.8, 4) is 17.2 Å². The van der Waals surface area contributed by atoms with Crippen molar-refractivity contribution in [1.29, 1.82) is 0 Å². The summed E-state index contributed by atoms with van der Waals surface area (Å²) in [6, 6.07) is 19.4. The molecule has 0 aromatic heterocycles. The van der Waals surface area contributed by atoms with E-state index in [-0.39, 0.29) is 5.75 Å². The number of benzene rings is 3. The molecule has 0 amide bonds. The number of azo groups is 1. The van der Waals surface area contributed by atoms with E-state index in [4.69, 9.17) is 16.3 Å². The van der Waals surface area contributed by atoms with Crippen molar-refractivity contribution < 1.29 is 9.84 Å². The molecule has 5 heteroatoms. The molecule has 3 aromatic carbocycles. The average Bonchev–Trinajstić information content (AvgIpc) is 2.90. The van der Waals surface area contributed by atoms with Crippen LogP contribution in [-0.4, -0.2) is 5.11 Å². The molecule has 0 aliphatic heterocycles. The van der Waals surface area contributed by atoms with E-state index >= 15 is 0 Å². The second-order valence-electron chi connectivity index (χ2n) is 9.90. The van der Waals surface area contributed by atoms with Crippen LogP contribution in [0.25, 0.3) is 0 Å². The number of halogens is 1. The number of ether oxygens (including phenoxy) is 1. The lowest BCUT2D eigenvalue weighted by molar-refractivity contribution is 0.442. The first-order valence-corrected chi connectivity index (χ1v) is 13.4. The zero-order chi connectivity index (χ0) is 24.0. The molecule has 2 saturated carbocycles. The Bertz CT molecular complexity index is 1160. The van der Waals surface area contributed by atoms with Gasteiger partial charge in [0.2, 0.25) is 0 Å². The summed E-state index contributed by atoms with van der Waals surface area (Å²) in [7, 11) is 0. The lowest BCUT2D eigenvalue weighted by Gasteiger charge is -2.22. The van der Waals surface area contributed by atoms with Crippen molar-refractivity contribution in [3.63, 3.8) is 0 Å². The van der Waals surface area contributed by atoms with E-state index < -0.39 is 0 Å². The maximum absolute atomic E-state index is 10.4. The van der Waals surface area contributed by atoms with Gasteiger partial charge >= 0.3 is 0 Å². The van der Waals surface area contributed by atoms with Gasteiger partial charge in [0, 0.05) is 11.1 Å². The lowest BCUT2D eigenvalue weighted by atomic mass is 9.84. The van der Waals surface area contributed by atoms with Crippen LogP contribution >= 0.6 is 11.6 Å². The second kappa shape index (κ2) is 11.3. The molecular formula is C30H33ClN2O2. The van der Waals surface area contributed by atoms with Gasteiger partial charge in [0.25, 0.3) is 0 Å². The third-order valence-electron chi connectivity index (χ3n) is 7.45. The smallest absolute Gasteiger partial charge is 0.156 e. The third kappa shape index (κ3) is 6.05. The molecule has 0 bridgehead atoms. The summed E-state index contributed by atoms with van der Waals surface area (Å²) < 4.78 is 6.17. The molecule has 0 heterocycles. The molecule has 5 rings (SSSR count). The molecule has 4 nitrogen and oxygen atoms in total. The summed E-state index contributed by atoms with van der Waals surface area (Å²) in [4.78, 5) is 0. The molecule has 2 aliphatic rings. The van der Waals surface area contributed by atoms with Crippen molar-refractivity contribution in [2.45, 2.75) is 76.0 Å². The Morgan fingerprint density at radius 3 is 1.94 bits per heavy atom. The maximum Gasteiger partial charge on any atom is 0.156 e. The minimum absolute atomic E-state index is 0.128. The maximum atomic E-state index is 10.4. The van der Waals surface area contributed by atoms with Crippen molar-refractivity contribution >= 4 is 23.0 Å². The molecule has 0 radical (unpaired) electrons. The molecule has 0 spiro atoms. The molecule has 3 aromatic rings. The Morgan fingerprint density at radius 2 is 1.26 bits per heavy atom. The normalized spacial score (nSPS) is 17.6. The molecule has 35 heavy (non-hydrogen) atoms. The van der Waals surface area contributed by atoms with Gasteiger partial charge in [-0.25, -0.2) is 0 Å². The second-order valence-corrected chi connectivity index (χ2v) is 10.3. The number of phenols is 1. The molecule has 1 N–H and O–H groups in total. The van der Waals surface area contributed by atoms with Crippen molar-refractivity contribution in [3.05, 3.63) is 76.8 Å². The van der Waals surface area contributed by atoms with Crippen LogP contribution in [0.2, 0.25) is 5.02 Å². The van der Waals surface area contributed by atoms with Crippen LogP contribution < -0.4 is 4.74 Å². The third-order valence-corrected chi connectivity index (χ3v) is 7.68. The molecule has 182 valence electrons. The summed E-state index contributed by atoms with van der Waals surface area (Å²) in [5.74, 6) is 2.60. The van der Waals surface area contributed by atoms with Gasteiger partial charge in [0.15, 0.2) is 5.75 Å². The van der Waals surface area contributed by atoms with Gasteiger partial charge in [0.1, 0.15) is 22.9 Å². The molecule has 0 unspecified atom stereocenters. The number of aromatic hydroxyl groups is 1. The number of phenolic OH excluding ortho intramolecular Hbond substituents is 1. The van der Waals surface area contributed by atoms with E-state index in [9.17, 15) is 5.11 Å². The van der Waals surface area contributed by atoms with E-state index in [1.165, 1.54) is 75.3 Å². The standard InChI is InChI=1S/C30H33ClN2O2/c31-25-14-17-27(32-33-28-19-24(13-18-29(28)34)22-9-5-2-6-10-22)30(20-25)35-26-15-11-23(12-16-26)21-7-3-1-4-8-21/h11-22,34H,1-10H2. The number of rotatable bonds is 6. The summed E-state index contributed by atoms with van der Waals surface area (Å²) in [6.45, 7) is 0. The van der Waals surface area contributed by atoms with E-state index in [2.05, 4.69) is 22.4 Å². The highest BCUT2D eigenvalue weighted by atomic mass is 35.5. The molecule has 0 atom stereocenters. The predicted molar refractivity (Wildman–Crippen MR) is 142 cm³/mol. The average molecular weight is 489 g/mol. The van der Waals surface area contributed by atoms with E-state index in [1.807, 2.05) is 24.3 Å². The van der Waals surface area contributed by atoms with E-state index in [0.717, 1.165) is 5.75 Å². The van der Waals surface area contributed by atoms with Crippen molar-refractivity contribution in [1.82, 2.24) is 0 Å². The monoisotopic (exact) mass is 488 g/mol. The first-order chi connectivity index (χ1) is 17.2. The molecular weight excluding hydrogens is 456 g/mol. The van der Waals surface area contributed by atoms with Gasteiger partial charge in [-0.05, 0) is 85.0 Å². The minimum Gasteiger partial charge on any atom is -0.506 e. The molecule has 2 fully saturated rings. The fraction of sp³-hybridized carbons (Fsp3) is 0.400. The van der Waals surface area contributed by atoms with Gasteiger partial charge in [-0.1, -0.05) is 68.3 Å². The Morgan fingerprint density at radius 1 is 0.657 bits per heavy atom. The largest absolute Gasteiger partial charge is 0.506 e. The van der Waals surface area contributed by atoms with Gasteiger partial charge in [-0.2, -0.15) is 0 Å². The topological polar surface area (TPSA) is 54.2 Å². The van der Waals surface area contributed by atoms with Crippen LogP contribution in [0.3, 0.4) is 0 Å². The number of hydrogen-bond acceptors (Lipinski definition) is 4. The number of nitrogens with zero attached hydrogens (tertiary/aromatic N) is 2. The predicted octanol–water partition coefficient (Wildman–Crippen LogP) is 10.3. The van der Waals surface area contributed by atoms with Crippen LogP contribution in [0.1, 0.15) is 87.2 Å². The lowest BCUT2D eigenvalue weighted by Crippen LogP contribution is -2.04. The zero-order valence-electron chi connectivity index (χ0n) is 20.1. The summed E-state index contributed by atoms with van der Waals surface area (Å²) in [5, 5.41) is 19.8. The van der Waals surface area contributed by atoms with Gasteiger partial charge in [0.05, 0.1) is 0 Å². The highest BCUT2D eigenvalue weighted by molar-refractivity contribution is 6.30. The van der Waals surface area contributed by atoms with E-state index in [0.29, 0.717) is 34.0 Å². The summed E-state index contributed by atoms with van der Waals surface area (Å²) in [6.07, 6.45) is 12.7.